The van der Waals surface area contributed by atoms with Crippen molar-refractivity contribution in [3.05, 3.63) is 89.8 Å². The summed E-state index contributed by atoms with van der Waals surface area (Å²) >= 11 is 5.89. The third kappa shape index (κ3) is 4.16. The van der Waals surface area contributed by atoms with Gasteiger partial charge in [0.2, 0.25) is 0 Å². The van der Waals surface area contributed by atoms with Crippen LogP contribution in [-0.2, 0) is 0 Å². The van der Waals surface area contributed by atoms with Crippen LogP contribution in [0.5, 0.6) is 5.75 Å². The summed E-state index contributed by atoms with van der Waals surface area (Å²) in [6.45, 7) is 9.33. The third-order valence-electron chi connectivity index (χ3n) is 7.11. The highest BCUT2D eigenvalue weighted by molar-refractivity contribution is 7.80. The van der Waals surface area contributed by atoms with Gasteiger partial charge < -0.3 is 19.9 Å². The largest absolute Gasteiger partial charge is 0.494 e. The van der Waals surface area contributed by atoms with Crippen molar-refractivity contribution < 1.29 is 4.74 Å². The van der Waals surface area contributed by atoms with Crippen LogP contribution in [0.15, 0.2) is 72.9 Å². The second-order valence-corrected chi connectivity index (χ2v) is 10.1. The van der Waals surface area contributed by atoms with Gasteiger partial charge in [-0.05, 0) is 99.6 Å². The lowest BCUT2D eigenvalue weighted by Crippen LogP contribution is -2.42. The molecule has 2 atom stereocenters. The maximum Gasteiger partial charge on any atom is 0.174 e. The number of rotatable bonds is 5. The number of pyridine rings is 1. The fourth-order valence-corrected chi connectivity index (χ4v) is 5.55. The van der Waals surface area contributed by atoms with Crippen LogP contribution in [0.25, 0.3) is 5.57 Å². The van der Waals surface area contributed by atoms with E-state index in [1.54, 1.807) is 0 Å². The highest BCUT2D eigenvalue weighted by Crippen LogP contribution is 2.45. The predicted octanol–water partition coefficient (Wildman–Crippen LogP) is 6.29. The molecule has 1 fully saturated rings. The quantitative estimate of drug-likeness (QED) is 0.429. The van der Waals surface area contributed by atoms with Crippen molar-refractivity contribution in [3.63, 3.8) is 0 Å². The lowest BCUT2D eigenvalue weighted by atomic mass is 9.86. The summed E-state index contributed by atoms with van der Waals surface area (Å²) in [5.41, 5.74) is 6.96. The fourth-order valence-electron chi connectivity index (χ4n) is 5.20. The van der Waals surface area contributed by atoms with Gasteiger partial charge in [-0.3, -0.25) is 4.98 Å². The van der Waals surface area contributed by atoms with E-state index in [4.69, 9.17) is 17.0 Å². The van der Waals surface area contributed by atoms with Crippen LogP contribution in [0.1, 0.15) is 56.6 Å². The maximum absolute atomic E-state index is 5.89. The molecule has 5 rings (SSSR count). The molecule has 0 spiro atoms. The van der Waals surface area contributed by atoms with Gasteiger partial charge in [0.05, 0.1) is 29.9 Å². The molecule has 1 N–H and O–H groups in total. The number of thiocarbonyl (C=S) groups is 1. The van der Waals surface area contributed by atoms with Gasteiger partial charge in [-0.15, -0.1) is 0 Å². The highest BCUT2D eigenvalue weighted by Gasteiger charge is 2.41. The summed E-state index contributed by atoms with van der Waals surface area (Å²) in [5.74, 6) is 0.854. The van der Waals surface area contributed by atoms with E-state index < -0.39 is 0 Å². The lowest BCUT2D eigenvalue weighted by Gasteiger charge is -2.41. The van der Waals surface area contributed by atoms with Gasteiger partial charge >= 0.3 is 0 Å². The molecule has 3 aromatic rings. The maximum atomic E-state index is 5.89. The number of allylic oxidation sites excluding steroid dienone is 1. The second-order valence-electron chi connectivity index (χ2n) is 9.74. The van der Waals surface area contributed by atoms with Crippen LogP contribution in [0, 0.1) is 0 Å². The summed E-state index contributed by atoms with van der Waals surface area (Å²) in [6, 6.07) is 20.9. The summed E-state index contributed by atoms with van der Waals surface area (Å²) in [6.07, 6.45) is 4.19. The summed E-state index contributed by atoms with van der Waals surface area (Å²) < 4.78 is 5.67. The van der Waals surface area contributed by atoms with Crippen molar-refractivity contribution in [1.82, 2.24) is 10.3 Å². The van der Waals surface area contributed by atoms with Crippen LogP contribution in [0.4, 0.5) is 11.4 Å². The Labute approximate surface area is 213 Å². The Balaban J connectivity index is 1.62. The zero-order valence-corrected chi connectivity index (χ0v) is 21.8. The molecule has 2 aliphatic rings. The Bertz CT molecular complexity index is 1270. The van der Waals surface area contributed by atoms with Gasteiger partial charge in [-0.2, -0.15) is 0 Å². The number of anilines is 2. The average Bonchev–Trinajstić information content (AvgIpc) is 3.20. The van der Waals surface area contributed by atoms with E-state index in [0.717, 1.165) is 17.1 Å². The Morgan fingerprint density at radius 1 is 1.09 bits per heavy atom. The monoisotopic (exact) mass is 484 g/mol. The molecule has 1 saturated heterocycles. The number of hydrogen-bond donors (Lipinski definition) is 1. The van der Waals surface area contributed by atoms with Crippen molar-refractivity contribution in [3.8, 4) is 5.75 Å². The van der Waals surface area contributed by atoms with E-state index in [1.807, 2.05) is 37.4 Å². The predicted molar refractivity (Wildman–Crippen MR) is 148 cm³/mol. The SMILES string of the molecule is CCOc1ccc(N2C(=S)N[C@@H](c3ccccn3)[C@@H]2c2ccc3c(c2)C(C)=CC(C)(C)N3C)cc1. The molecule has 0 aliphatic carbocycles. The van der Waals surface area contributed by atoms with Crippen molar-refractivity contribution in [2.75, 3.05) is 23.5 Å². The smallest absolute Gasteiger partial charge is 0.174 e. The first kappa shape index (κ1) is 23.4. The number of likely N-dealkylation sites (N-methyl/N-ethyl adjacent to an activating group) is 1. The highest BCUT2D eigenvalue weighted by atomic mass is 32.1. The summed E-state index contributed by atoms with van der Waals surface area (Å²) in [7, 11) is 2.16. The third-order valence-corrected chi connectivity index (χ3v) is 7.42. The Morgan fingerprint density at radius 3 is 2.54 bits per heavy atom. The Morgan fingerprint density at radius 2 is 1.86 bits per heavy atom. The normalized spacial score (nSPS) is 20.8. The first-order valence-corrected chi connectivity index (χ1v) is 12.5. The Hall–Kier alpha value is -3.38. The van der Waals surface area contributed by atoms with Gasteiger partial charge in [0, 0.05) is 30.2 Å². The summed E-state index contributed by atoms with van der Waals surface area (Å²) in [4.78, 5) is 9.24. The minimum atomic E-state index is -0.0737. The standard InChI is InChI=1S/C29H32N4OS/c1-6-34-22-13-11-21(12-14-22)33-27(26(31-28(33)35)24-9-7-8-16-30-24)20-10-15-25-23(17-20)19(2)18-29(3,4)32(25)5/h7-18,26-27H,6H2,1-5H3,(H,31,35)/t26-,27-/m0/s1. The zero-order chi connectivity index (χ0) is 24.7. The number of ether oxygens (including phenoxy) is 1. The molecule has 6 heteroatoms. The van der Waals surface area contributed by atoms with E-state index in [0.29, 0.717) is 11.7 Å². The molecule has 1 aromatic heterocycles. The molecule has 3 heterocycles. The van der Waals surface area contributed by atoms with Crippen LogP contribution < -0.4 is 19.9 Å². The molecule has 0 unspecified atom stereocenters. The number of nitrogens with one attached hydrogen (secondary N) is 1. The van der Waals surface area contributed by atoms with Gasteiger partial charge in [-0.25, -0.2) is 0 Å². The van der Waals surface area contributed by atoms with Crippen molar-refractivity contribution in [2.45, 2.75) is 45.3 Å². The van der Waals surface area contributed by atoms with Crippen LogP contribution >= 0.6 is 12.2 Å². The number of benzene rings is 2. The second kappa shape index (κ2) is 9.00. The van der Waals surface area contributed by atoms with Crippen molar-refractivity contribution >= 4 is 34.3 Å². The molecule has 0 amide bonds. The number of fused-ring (bicyclic) bond motifs is 1. The van der Waals surface area contributed by atoms with Crippen molar-refractivity contribution in [1.29, 1.82) is 0 Å². The molecular formula is C29H32N4OS. The fraction of sp³-hybridized carbons (Fsp3) is 0.310. The molecule has 180 valence electrons. The zero-order valence-electron chi connectivity index (χ0n) is 20.9. The lowest BCUT2D eigenvalue weighted by molar-refractivity contribution is 0.340. The van der Waals surface area contributed by atoms with Gasteiger partial charge in [0.25, 0.3) is 0 Å². The van der Waals surface area contributed by atoms with Crippen LogP contribution in [0.3, 0.4) is 0 Å². The minimum Gasteiger partial charge on any atom is -0.494 e. The number of aromatic nitrogens is 1. The molecule has 35 heavy (non-hydrogen) atoms. The topological polar surface area (TPSA) is 40.6 Å². The molecule has 5 nitrogen and oxygen atoms in total. The first-order chi connectivity index (χ1) is 16.8. The summed E-state index contributed by atoms with van der Waals surface area (Å²) in [5, 5.41) is 4.25. The molecule has 2 aliphatic heterocycles. The number of nitrogens with zero attached hydrogens (tertiary/aromatic N) is 3. The van der Waals surface area contributed by atoms with Gasteiger partial charge in [0.15, 0.2) is 5.11 Å². The van der Waals surface area contributed by atoms with Crippen LogP contribution in [-0.4, -0.2) is 29.3 Å². The van der Waals surface area contributed by atoms with E-state index >= 15 is 0 Å². The molecule has 0 bridgehead atoms. The minimum absolute atomic E-state index is 0.0279. The molecule has 0 saturated carbocycles. The van der Waals surface area contributed by atoms with E-state index in [9.17, 15) is 0 Å². The van der Waals surface area contributed by atoms with E-state index in [-0.39, 0.29) is 17.6 Å². The molecular weight excluding hydrogens is 452 g/mol. The molecule has 0 radical (unpaired) electrons. The first-order valence-electron chi connectivity index (χ1n) is 12.1. The van der Waals surface area contributed by atoms with Gasteiger partial charge in [-0.1, -0.05) is 18.2 Å². The Kier molecular flexibility index (Phi) is 6.01. The van der Waals surface area contributed by atoms with Gasteiger partial charge in [0.1, 0.15) is 5.75 Å². The molecule has 2 aromatic carbocycles. The van der Waals surface area contributed by atoms with Crippen LogP contribution in [0.2, 0.25) is 0 Å². The van der Waals surface area contributed by atoms with E-state index in [2.05, 4.69) is 90.4 Å². The average molecular weight is 485 g/mol. The van der Waals surface area contributed by atoms with Crippen molar-refractivity contribution in [2.24, 2.45) is 0 Å². The number of hydrogen-bond acceptors (Lipinski definition) is 4. The van der Waals surface area contributed by atoms with E-state index in [1.165, 1.54) is 22.4 Å².